The van der Waals surface area contributed by atoms with Gasteiger partial charge in [0.1, 0.15) is 5.58 Å². The van der Waals surface area contributed by atoms with Gasteiger partial charge < -0.3 is 19.4 Å². The third-order valence-corrected chi connectivity index (χ3v) is 7.32. The fraction of sp³-hybridized carbons (Fsp3) is 0.125. The summed E-state index contributed by atoms with van der Waals surface area (Å²) >= 11 is 0. The van der Waals surface area contributed by atoms with E-state index in [1.807, 2.05) is 112 Å². The van der Waals surface area contributed by atoms with Crippen LogP contribution in [0.4, 0.5) is 0 Å². The Kier molecular flexibility index (Phi) is 7.87. The van der Waals surface area contributed by atoms with E-state index in [0.717, 1.165) is 49.7 Å². The number of nitrogens with zero attached hydrogens (tertiary/aromatic N) is 3. The second-order valence-corrected chi connectivity index (χ2v) is 11.7. The summed E-state index contributed by atoms with van der Waals surface area (Å²) in [5.74, 6) is 0. The van der Waals surface area contributed by atoms with Crippen LogP contribution >= 0.6 is 0 Å². The number of rotatable bonds is 4. The molecule has 0 bridgehead atoms. The van der Waals surface area contributed by atoms with E-state index in [4.69, 9.17) is 7.16 Å². The molecule has 0 aliphatic rings. The van der Waals surface area contributed by atoms with Crippen LogP contribution in [0.1, 0.15) is 29.1 Å². The average Bonchev–Trinajstić information content (AvgIpc) is 3.48. The molecule has 0 aliphatic carbocycles. The van der Waals surface area contributed by atoms with Crippen molar-refractivity contribution < 1.29 is 27.3 Å². The Morgan fingerprint density at radius 3 is 2.33 bits per heavy atom. The molecular weight excluding hydrogens is 731 g/mol. The van der Waals surface area contributed by atoms with E-state index in [0.29, 0.717) is 11.3 Å². The Morgan fingerprint density at radius 2 is 1.53 bits per heavy atom. The van der Waals surface area contributed by atoms with Crippen LogP contribution in [0.3, 0.4) is 0 Å². The number of hydrogen-bond acceptors (Lipinski definition) is 4. The Balaban J connectivity index is 0.000000176. The van der Waals surface area contributed by atoms with Gasteiger partial charge in [0, 0.05) is 52.2 Å². The molecule has 8 rings (SSSR count). The van der Waals surface area contributed by atoms with Gasteiger partial charge in [-0.2, -0.15) is 0 Å². The number of furan rings is 1. The summed E-state index contributed by atoms with van der Waals surface area (Å²) in [5, 5.41) is 3.05. The van der Waals surface area contributed by atoms with Crippen LogP contribution in [0.15, 0.2) is 126 Å². The Hall–Kier alpha value is -4.70. The van der Waals surface area contributed by atoms with E-state index in [2.05, 4.69) is 45.3 Å². The van der Waals surface area contributed by atoms with Crippen molar-refractivity contribution in [3.05, 3.63) is 139 Å². The molecule has 0 fully saturated rings. The first-order valence-electron chi connectivity index (χ1n) is 15.6. The van der Waals surface area contributed by atoms with Gasteiger partial charge >= 0.3 is 0 Å². The minimum Gasteiger partial charge on any atom is -0.500 e. The first kappa shape index (κ1) is 27.8. The van der Waals surface area contributed by atoms with E-state index in [1.54, 1.807) is 12.3 Å². The van der Waals surface area contributed by atoms with Crippen molar-refractivity contribution in [3.63, 3.8) is 0 Å². The predicted molar refractivity (Wildman–Crippen MR) is 179 cm³/mol. The zero-order valence-electron chi connectivity index (χ0n) is 27.1. The molecule has 0 atom stereocenters. The van der Waals surface area contributed by atoms with Gasteiger partial charge in [-0.15, -0.1) is 48.0 Å². The van der Waals surface area contributed by atoms with Crippen LogP contribution in [0.5, 0.6) is 0 Å². The van der Waals surface area contributed by atoms with Gasteiger partial charge in [-0.25, -0.2) is 0 Å². The molecule has 0 unspecified atom stereocenters. The van der Waals surface area contributed by atoms with Crippen molar-refractivity contribution in [3.8, 4) is 33.6 Å². The van der Waals surface area contributed by atoms with Crippen LogP contribution in [-0.4, -0.2) is 15.0 Å². The third-order valence-electron chi connectivity index (χ3n) is 7.32. The van der Waals surface area contributed by atoms with Gasteiger partial charge in [0.15, 0.2) is 0 Å². The predicted octanol–water partition coefficient (Wildman–Crippen LogP) is 10.2. The fourth-order valence-electron chi connectivity index (χ4n) is 5.45. The quantitative estimate of drug-likeness (QED) is 0.132. The van der Waals surface area contributed by atoms with Crippen molar-refractivity contribution >= 4 is 32.8 Å². The maximum absolute atomic E-state index is 8.58. The maximum Gasteiger partial charge on any atom is 0.121 e. The first-order valence-corrected chi connectivity index (χ1v) is 14.6. The van der Waals surface area contributed by atoms with Gasteiger partial charge in [-0.3, -0.25) is 0 Å². The van der Waals surface area contributed by atoms with Crippen LogP contribution in [0, 0.1) is 17.5 Å². The molecule has 0 amide bonds. The molecule has 4 heterocycles. The summed E-state index contributed by atoms with van der Waals surface area (Å²) in [6.07, 6.45) is 3.85. The summed E-state index contributed by atoms with van der Waals surface area (Å²) < 4.78 is 23.1. The normalized spacial score (nSPS) is 12.3. The second kappa shape index (κ2) is 12.7. The van der Waals surface area contributed by atoms with E-state index in [9.17, 15) is 0 Å². The van der Waals surface area contributed by atoms with Crippen molar-refractivity contribution in [2.45, 2.75) is 27.1 Å². The van der Waals surface area contributed by atoms with Gasteiger partial charge in [0.05, 0.1) is 5.58 Å². The van der Waals surface area contributed by atoms with E-state index >= 15 is 0 Å². The van der Waals surface area contributed by atoms with Crippen LogP contribution in [0.2, 0.25) is 0 Å². The second-order valence-electron chi connectivity index (χ2n) is 11.7. The van der Waals surface area contributed by atoms with E-state index < -0.39 is 11.8 Å². The molecule has 1 radical (unpaired) electrons. The molecule has 5 heteroatoms. The van der Waals surface area contributed by atoms with Crippen molar-refractivity contribution in [2.24, 2.45) is 5.41 Å². The molecule has 45 heavy (non-hydrogen) atoms. The Bertz CT molecular complexity index is 2220. The molecule has 0 N–H and O–H groups in total. The van der Waals surface area contributed by atoms with Crippen LogP contribution < -0.4 is 0 Å². The van der Waals surface area contributed by atoms with Gasteiger partial charge in [0.25, 0.3) is 0 Å². The molecule has 0 spiro atoms. The van der Waals surface area contributed by atoms with Crippen LogP contribution in [0.25, 0.3) is 66.5 Å². The molecule has 0 saturated carbocycles. The van der Waals surface area contributed by atoms with Gasteiger partial charge in [-0.1, -0.05) is 86.5 Å². The number of pyridine rings is 3. The standard InChI is InChI=1S/C23H19N2O.C17H12N.Ir/c1-23(2,3)12-14-9-10-24-17(11-14)16-7-8-19-21-20-15(13-25-22(16)21)5-4-6-18(20)26-19;1-3-7-14(8-4-1)16-11-12-18-17(13-16)15-9-5-2-6-10-15;/h4-6,8-11,13H,12H2,1-3H3;1-9,11-13H;/q2*-1;/i12D2;;. The molecule has 223 valence electrons. The summed E-state index contributed by atoms with van der Waals surface area (Å²) in [7, 11) is 0. The SMILES string of the molecule is [2H]C([2H])(c1ccnc(-c2[c-]cc3oc4cccc5cnc2c3c54)c1)C(C)(C)C.[Ir].[c-]1ccccc1-c1cc(-c2ccccc2)ccn1. The summed E-state index contributed by atoms with van der Waals surface area (Å²) in [5.41, 5.74) is 8.19. The molecule has 4 aromatic carbocycles. The fourth-order valence-corrected chi connectivity index (χ4v) is 5.45. The monoisotopic (exact) mass is 764 g/mol. The molecule has 4 nitrogen and oxygen atoms in total. The summed E-state index contributed by atoms with van der Waals surface area (Å²) in [6.45, 7) is 5.70. The first-order chi connectivity index (χ1) is 22.2. The molecular formula is C40H31IrN3O-2. The minimum atomic E-state index is -1.50. The van der Waals surface area contributed by atoms with Gasteiger partial charge in [-0.05, 0) is 63.4 Å². The van der Waals surface area contributed by atoms with Crippen molar-refractivity contribution in [2.75, 3.05) is 0 Å². The summed E-state index contributed by atoms with van der Waals surface area (Å²) in [4.78, 5) is 13.6. The number of aromatic nitrogens is 3. The van der Waals surface area contributed by atoms with Crippen molar-refractivity contribution in [1.82, 2.24) is 15.0 Å². The third kappa shape index (κ3) is 6.42. The van der Waals surface area contributed by atoms with E-state index in [1.165, 1.54) is 11.1 Å². The number of benzene rings is 4. The average molecular weight is 764 g/mol. The summed E-state index contributed by atoms with van der Waals surface area (Å²) in [6, 6.07) is 40.1. The Labute approximate surface area is 279 Å². The molecule has 8 aromatic rings. The van der Waals surface area contributed by atoms with Crippen molar-refractivity contribution in [1.29, 1.82) is 0 Å². The largest absolute Gasteiger partial charge is 0.500 e. The number of hydrogen-bond donors (Lipinski definition) is 0. The van der Waals surface area contributed by atoms with Gasteiger partial charge in [0.2, 0.25) is 0 Å². The zero-order chi connectivity index (χ0) is 31.9. The minimum absolute atomic E-state index is 0. The smallest absolute Gasteiger partial charge is 0.121 e. The van der Waals surface area contributed by atoms with Crippen LogP contribution in [-0.2, 0) is 26.5 Å². The molecule has 4 aromatic heterocycles. The Morgan fingerprint density at radius 1 is 0.733 bits per heavy atom. The molecule has 0 saturated heterocycles. The zero-order valence-corrected chi connectivity index (χ0v) is 27.5. The topological polar surface area (TPSA) is 51.8 Å². The molecule has 0 aliphatic heterocycles. The maximum atomic E-state index is 8.58. The van der Waals surface area contributed by atoms with E-state index in [-0.39, 0.29) is 20.1 Å².